The van der Waals surface area contributed by atoms with Crippen molar-refractivity contribution < 1.29 is 14.9 Å². The minimum atomic E-state index is -0.800. The van der Waals surface area contributed by atoms with Gasteiger partial charge in [0.2, 0.25) is 0 Å². The summed E-state index contributed by atoms with van der Waals surface area (Å²) in [5, 5.41) is 19.5. The maximum Gasteiger partial charge on any atom is 0.279 e. The van der Waals surface area contributed by atoms with Crippen molar-refractivity contribution in [2.24, 2.45) is 5.92 Å². The first kappa shape index (κ1) is 13.2. The molecule has 0 saturated carbocycles. The molecule has 4 atom stereocenters. The van der Waals surface area contributed by atoms with Gasteiger partial charge in [0.05, 0.1) is 19.0 Å². The van der Waals surface area contributed by atoms with Crippen molar-refractivity contribution in [3.63, 3.8) is 0 Å². The number of imidazole rings is 1. The Hall–Kier alpha value is -1.77. The van der Waals surface area contributed by atoms with E-state index in [1.165, 1.54) is 10.9 Å². The van der Waals surface area contributed by atoms with Crippen molar-refractivity contribution in [1.82, 2.24) is 19.5 Å². The Balaban J connectivity index is 2.09. The third-order valence-corrected chi connectivity index (χ3v) is 3.74. The molecule has 0 amide bonds. The molecule has 8 heteroatoms. The minimum Gasteiger partial charge on any atom is -0.394 e. The Labute approximate surface area is 114 Å². The molecule has 1 saturated heterocycles. The fraction of sp³-hybridized carbons (Fsp3) is 0.583. The predicted molar refractivity (Wildman–Crippen MR) is 69.1 cm³/mol. The molecule has 0 aromatic carbocycles. The van der Waals surface area contributed by atoms with Crippen LogP contribution < -0.4 is 5.56 Å². The van der Waals surface area contributed by atoms with Gasteiger partial charge < -0.3 is 19.9 Å². The highest BCUT2D eigenvalue weighted by Crippen LogP contribution is 2.34. The Kier molecular flexibility index (Phi) is 3.08. The van der Waals surface area contributed by atoms with Crippen LogP contribution in [0.2, 0.25) is 0 Å². The summed E-state index contributed by atoms with van der Waals surface area (Å²) in [7, 11) is 0. The van der Waals surface area contributed by atoms with Crippen molar-refractivity contribution in [3.05, 3.63) is 22.5 Å². The SMILES string of the molecule is Cc1nc2c(ncn2[C@@H]2O[C@H](CO)[C@H](C)C2O)c(=O)[nH]1. The van der Waals surface area contributed by atoms with Crippen molar-refractivity contribution in [2.75, 3.05) is 6.61 Å². The molecule has 1 fully saturated rings. The lowest BCUT2D eigenvalue weighted by Gasteiger charge is -2.16. The van der Waals surface area contributed by atoms with Gasteiger partial charge in [0.25, 0.3) is 5.56 Å². The standard InChI is InChI=1S/C12H16N4O4/c1-5-7(3-17)20-12(9(5)18)16-4-13-8-10(16)14-6(2)15-11(8)19/h4-5,7,9,12,17-18H,3H2,1-2H3,(H,14,15,19)/t5-,7+,9?,12+/m0/s1. The molecule has 20 heavy (non-hydrogen) atoms. The fourth-order valence-corrected chi connectivity index (χ4v) is 2.52. The summed E-state index contributed by atoms with van der Waals surface area (Å²) in [6.07, 6.45) is -0.533. The molecule has 1 aliphatic rings. The van der Waals surface area contributed by atoms with Crippen molar-refractivity contribution in [3.8, 4) is 0 Å². The number of nitrogens with zero attached hydrogens (tertiary/aromatic N) is 3. The quantitative estimate of drug-likeness (QED) is 0.671. The van der Waals surface area contributed by atoms with Gasteiger partial charge in [0, 0.05) is 5.92 Å². The molecule has 0 bridgehead atoms. The number of aromatic nitrogens is 4. The highest BCUT2D eigenvalue weighted by Gasteiger charge is 2.42. The van der Waals surface area contributed by atoms with Gasteiger partial charge in [-0.05, 0) is 6.92 Å². The number of aliphatic hydroxyl groups is 2. The average Bonchev–Trinajstić information content (AvgIpc) is 2.93. The second-order valence-corrected chi connectivity index (χ2v) is 5.07. The molecular formula is C12H16N4O4. The monoisotopic (exact) mass is 280 g/mol. The van der Waals surface area contributed by atoms with E-state index in [2.05, 4.69) is 15.0 Å². The highest BCUT2D eigenvalue weighted by molar-refractivity contribution is 5.69. The van der Waals surface area contributed by atoms with Crippen LogP contribution in [-0.2, 0) is 4.74 Å². The maximum absolute atomic E-state index is 11.8. The molecular weight excluding hydrogens is 264 g/mol. The lowest BCUT2D eigenvalue weighted by atomic mass is 10.0. The molecule has 3 heterocycles. The molecule has 0 aliphatic carbocycles. The van der Waals surface area contributed by atoms with E-state index in [1.54, 1.807) is 13.8 Å². The number of rotatable bonds is 2. The van der Waals surface area contributed by atoms with Crippen LogP contribution in [0.15, 0.2) is 11.1 Å². The summed E-state index contributed by atoms with van der Waals surface area (Å²) in [6, 6.07) is 0. The van der Waals surface area contributed by atoms with Crippen molar-refractivity contribution >= 4 is 11.2 Å². The number of aromatic amines is 1. The van der Waals surface area contributed by atoms with E-state index in [4.69, 9.17) is 4.74 Å². The summed E-state index contributed by atoms with van der Waals surface area (Å²) in [5.41, 5.74) is 0.234. The summed E-state index contributed by atoms with van der Waals surface area (Å²) in [4.78, 5) is 22.6. The highest BCUT2D eigenvalue weighted by atomic mass is 16.5. The normalized spacial score (nSPS) is 30.2. The van der Waals surface area contributed by atoms with E-state index in [0.29, 0.717) is 11.5 Å². The topological polar surface area (TPSA) is 113 Å². The zero-order chi connectivity index (χ0) is 14.4. The third-order valence-electron chi connectivity index (χ3n) is 3.74. The Bertz CT molecular complexity index is 694. The average molecular weight is 280 g/mol. The lowest BCUT2D eigenvalue weighted by molar-refractivity contribution is -0.0491. The van der Waals surface area contributed by atoms with E-state index in [9.17, 15) is 15.0 Å². The smallest absolute Gasteiger partial charge is 0.279 e. The Morgan fingerprint density at radius 1 is 1.55 bits per heavy atom. The molecule has 2 aromatic heterocycles. The number of ether oxygens (including phenoxy) is 1. The second-order valence-electron chi connectivity index (χ2n) is 5.07. The van der Waals surface area contributed by atoms with Crippen LogP contribution in [-0.4, -0.2) is 48.5 Å². The van der Waals surface area contributed by atoms with Gasteiger partial charge in [-0.3, -0.25) is 9.36 Å². The largest absolute Gasteiger partial charge is 0.394 e. The van der Waals surface area contributed by atoms with Gasteiger partial charge in [-0.15, -0.1) is 0 Å². The van der Waals surface area contributed by atoms with Gasteiger partial charge >= 0.3 is 0 Å². The number of nitrogens with one attached hydrogen (secondary N) is 1. The molecule has 3 rings (SSSR count). The van der Waals surface area contributed by atoms with Crippen LogP contribution in [0.4, 0.5) is 0 Å². The van der Waals surface area contributed by atoms with Crippen LogP contribution in [0.1, 0.15) is 19.0 Å². The summed E-state index contributed by atoms with van der Waals surface area (Å²) in [5.74, 6) is 0.244. The Morgan fingerprint density at radius 2 is 2.30 bits per heavy atom. The van der Waals surface area contributed by atoms with Gasteiger partial charge in [0.15, 0.2) is 17.4 Å². The van der Waals surface area contributed by atoms with Crippen molar-refractivity contribution in [2.45, 2.75) is 32.3 Å². The van der Waals surface area contributed by atoms with Gasteiger partial charge in [-0.1, -0.05) is 6.92 Å². The molecule has 1 unspecified atom stereocenters. The molecule has 1 aliphatic heterocycles. The maximum atomic E-state index is 11.8. The van der Waals surface area contributed by atoms with E-state index in [-0.39, 0.29) is 23.6 Å². The summed E-state index contributed by atoms with van der Waals surface area (Å²) in [6.45, 7) is 3.30. The van der Waals surface area contributed by atoms with Crippen molar-refractivity contribution in [1.29, 1.82) is 0 Å². The van der Waals surface area contributed by atoms with Crippen LogP contribution in [0.5, 0.6) is 0 Å². The first-order chi connectivity index (χ1) is 9.52. The molecule has 0 radical (unpaired) electrons. The number of hydrogen-bond acceptors (Lipinski definition) is 6. The Morgan fingerprint density at radius 3 is 2.95 bits per heavy atom. The summed E-state index contributed by atoms with van der Waals surface area (Å²) >= 11 is 0. The molecule has 3 N–H and O–H groups in total. The number of H-pyrrole nitrogens is 1. The second kappa shape index (κ2) is 4.65. The molecule has 2 aromatic rings. The van der Waals surface area contributed by atoms with E-state index >= 15 is 0 Å². The number of aryl methyl sites for hydroxylation is 1. The van der Waals surface area contributed by atoms with Crippen LogP contribution in [0, 0.1) is 12.8 Å². The van der Waals surface area contributed by atoms with E-state index in [1.807, 2.05) is 0 Å². The zero-order valence-electron chi connectivity index (χ0n) is 11.1. The third kappa shape index (κ3) is 1.84. The predicted octanol–water partition coefficient (Wildman–Crippen LogP) is -0.685. The molecule has 8 nitrogen and oxygen atoms in total. The van der Waals surface area contributed by atoms with E-state index < -0.39 is 18.4 Å². The van der Waals surface area contributed by atoms with Crippen LogP contribution >= 0.6 is 0 Å². The number of hydrogen-bond donors (Lipinski definition) is 3. The number of fused-ring (bicyclic) bond motifs is 1. The van der Waals surface area contributed by atoms with E-state index in [0.717, 1.165) is 0 Å². The number of aliphatic hydroxyl groups excluding tert-OH is 2. The van der Waals surface area contributed by atoms with Gasteiger partial charge in [0.1, 0.15) is 11.9 Å². The fourth-order valence-electron chi connectivity index (χ4n) is 2.52. The summed E-state index contributed by atoms with van der Waals surface area (Å²) < 4.78 is 7.17. The van der Waals surface area contributed by atoms with Crippen LogP contribution in [0.3, 0.4) is 0 Å². The van der Waals surface area contributed by atoms with Crippen LogP contribution in [0.25, 0.3) is 11.2 Å². The lowest BCUT2D eigenvalue weighted by Crippen LogP contribution is -2.25. The van der Waals surface area contributed by atoms with Gasteiger partial charge in [-0.2, -0.15) is 0 Å². The molecule has 0 spiro atoms. The molecule has 108 valence electrons. The van der Waals surface area contributed by atoms with Gasteiger partial charge in [-0.25, -0.2) is 9.97 Å². The first-order valence-corrected chi connectivity index (χ1v) is 6.40. The first-order valence-electron chi connectivity index (χ1n) is 6.40. The zero-order valence-corrected chi connectivity index (χ0v) is 11.1. The minimum absolute atomic E-state index is 0.172.